The molecule has 2 rings (SSSR count). The minimum atomic E-state index is -0.113. The first-order valence-corrected chi connectivity index (χ1v) is 7.31. The minimum Gasteiger partial charge on any atom is -0.358 e. The van der Waals surface area contributed by atoms with Gasteiger partial charge in [-0.3, -0.25) is 9.69 Å². The van der Waals surface area contributed by atoms with Crippen LogP contribution in [0, 0.1) is 0 Å². The summed E-state index contributed by atoms with van der Waals surface area (Å²) in [5, 5.41) is 8.06. The van der Waals surface area contributed by atoms with Crippen LogP contribution in [0.4, 0.5) is 0 Å². The number of thiophene rings is 1. The lowest BCUT2D eigenvalue weighted by atomic mass is 10.1. The quantitative estimate of drug-likeness (QED) is 0.885. The van der Waals surface area contributed by atoms with Crippen molar-refractivity contribution in [2.75, 3.05) is 26.7 Å². The van der Waals surface area contributed by atoms with Crippen molar-refractivity contribution in [1.82, 2.24) is 15.5 Å². The number of likely N-dealkylation sites (N-methyl/N-ethyl adjacent to an activating group) is 1. The van der Waals surface area contributed by atoms with E-state index in [-0.39, 0.29) is 18.0 Å². The fourth-order valence-corrected chi connectivity index (χ4v) is 3.30. The van der Waals surface area contributed by atoms with Gasteiger partial charge in [0.15, 0.2) is 0 Å². The average Bonchev–Trinajstić information content (AvgIpc) is 2.83. The molecular weight excluding hydrogens is 270 g/mol. The zero-order valence-corrected chi connectivity index (χ0v) is 12.1. The van der Waals surface area contributed by atoms with Crippen molar-refractivity contribution in [3.05, 3.63) is 21.3 Å². The van der Waals surface area contributed by atoms with E-state index in [1.54, 1.807) is 7.05 Å². The van der Waals surface area contributed by atoms with Crippen LogP contribution >= 0.6 is 22.9 Å². The Morgan fingerprint density at radius 2 is 2.50 bits per heavy atom. The van der Waals surface area contributed by atoms with E-state index in [4.69, 9.17) is 11.6 Å². The Hall–Kier alpha value is -0.620. The number of halogens is 1. The van der Waals surface area contributed by atoms with Gasteiger partial charge in [-0.15, -0.1) is 11.3 Å². The highest BCUT2D eigenvalue weighted by Gasteiger charge is 2.31. The maximum atomic E-state index is 11.9. The van der Waals surface area contributed by atoms with E-state index in [1.165, 1.54) is 16.9 Å². The van der Waals surface area contributed by atoms with Crippen LogP contribution in [0.1, 0.15) is 18.5 Å². The van der Waals surface area contributed by atoms with E-state index in [0.29, 0.717) is 6.54 Å². The highest BCUT2D eigenvalue weighted by molar-refractivity contribution is 7.14. The summed E-state index contributed by atoms with van der Waals surface area (Å²) < 4.78 is 0.795. The van der Waals surface area contributed by atoms with Crippen LogP contribution < -0.4 is 10.6 Å². The van der Waals surface area contributed by atoms with Crippen LogP contribution in [-0.2, 0) is 4.79 Å². The summed E-state index contributed by atoms with van der Waals surface area (Å²) in [6, 6.07) is 2.08. The van der Waals surface area contributed by atoms with Gasteiger partial charge in [-0.25, -0.2) is 0 Å². The molecule has 2 N–H and O–H groups in total. The molecule has 2 atom stereocenters. The van der Waals surface area contributed by atoms with E-state index in [0.717, 1.165) is 17.4 Å². The van der Waals surface area contributed by atoms with Crippen molar-refractivity contribution in [2.24, 2.45) is 0 Å². The molecule has 6 heteroatoms. The van der Waals surface area contributed by atoms with Gasteiger partial charge in [-0.1, -0.05) is 11.6 Å². The topological polar surface area (TPSA) is 44.4 Å². The summed E-state index contributed by atoms with van der Waals surface area (Å²) in [6.45, 7) is 4.60. The monoisotopic (exact) mass is 287 g/mol. The predicted molar refractivity (Wildman–Crippen MR) is 75.2 cm³/mol. The third-order valence-corrected chi connectivity index (χ3v) is 4.51. The summed E-state index contributed by atoms with van der Waals surface area (Å²) in [5.74, 6) is 0.0652. The predicted octanol–water partition coefficient (Wildman–Crippen LogP) is 1.48. The molecular formula is C12H18ClN3OS. The smallest absolute Gasteiger partial charge is 0.238 e. The van der Waals surface area contributed by atoms with Gasteiger partial charge in [0, 0.05) is 32.7 Å². The molecule has 0 saturated carbocycles. The molecule has 1 aromatic heterocycles. The highest BCUT2D eigenvalue weighted by Crippen LogP contribution is 2.29. The molecule has 1 aliphatic heterocycles. The van der Waals surface area contributed by atoms with Crippen LogP contribution in [0.5, 0.6) is 0 Å². The molecule has 2 heterocycles. The first-order chi connectivity index (χ1) is 8.63. The molecule has 1 fully saturated rings. The van der Waals surface area contributed by atoms with Gasteiger partial charge in [0.25, 0.3) is 0 Å². The fourth-order valence-electron chi connectivity index (χ4n) is 2.33. The summed E-state index contributed by atoms with van der Waals surface area (Å²) in [6.07, 6.45) is 0. The Morgan fingerprint density at radius 3 is 3.11 bits per heavy atom. The number of hydrogen-bond donors (Lipinski definition) is 2. The molecule has 100 valence electrons. The molecule has 0 aromatic carbocycles. The number of nitrogens with one attached hydrogen (secondary N) is 2. The molecule has 4 nitrogen and oxygen atoms in total. The second kappa shape index (κ2) is 6.02. The molecule has 0 radical (unpaired) electrons. The Morgan fingerprint density at radius 1 is 1.72 bits per heavy atom. The van der Waals surface area contributed by atoms with Crippen molar-refractivity contribution in [2.45, 2.75) is 19.0 Å². The third kappa shape index (κ3) is 2.85. The molecule has 0 spiro atoms. The Kier molecular flexibility index (Phi) is 4.61. The third-order valence-electron chi connectivity index (χ3n) is 3.40. The Balaban J connectivity index is 2.15. The minimum absolute atomic E-state index is 0.0652. The van der Waals surface area contributed by atoms with E-state index in [1.807, 2.05) is 6.07 Å². The molecule has 2 unspecified atom stereocenters. The summed E-state index contributed by atoms with van der Waals surface area (Å²) in [7, 11) is 1.68. The highest BCUT2D eigenvalue weighted by atomic mass is 35.5. The van der Waals surface area contributed by atoms with Crippen molar-refractivity contribution in [3.8, 4) is 0 Å². The van der Waals surface area contributed by atoms with Gasteiger partial charge in [-0.2, -0.15) is 0 Å². The number of carbonyl (C=O) groups excluding carboxylic acids is 1. The maximum absolute atomic E-state index is 11.9. The Labute approximate surface area is 116 Å². The first-order valence-electron chi connectivity index (χ1n) is 6.05. The van der Waals surface area contributed by atoms with Crippen molar-refractivity contribution in [3.63, 3.8) is 0 Å². The lowest BCUT2D eigenvalue weighted by molar-refractivity contribution is -0.127. The number of amides is 1. The van der Waals surface area contributed by atoms with Crippen LogP contribution in [0.3, 0.4) is 0 Å². The number of rotatable bonds is 3. The largest absolute Gasteiger partial charge is 0.358 e. The number of carbonyl (C=O) groups is 1. The molecule has 1 aromatic rings. The molecule has 0 bridgehead atoms. The lowest BCUT2D eigenvalue weighted by Crippen LogP contribution is -2.57. The summed E-state index contributed by atoms with van der Waals surface area (Å²) in [5.41, 5.74) is 1.18. The maximum Gasteiger partial charge on any atom is 0.238 e. The number of nitrogens with zero attached hydrogens (tertiary/aromatic N) is 1. The SMILES string of the molecule is CNC(=O)C1CNCCN1C(C)c1csc(Cl)c1. The zero-order valence-electron chi connectivity index (χ0n) is 10.6. The average molecular weight is 288 g/mol. The van der Waals surface area contributed by atoms with E-state index >= 15 is 0 Å². The molecule has 1 saturated heterocycles. The van der Waals surface area contributed by atoms with Gasteiger partial charge in [-0.05, 0) is 23.9 Å². The van der Waals surface area contributed by atoms with Crippen LogP contribution in [0.15, 0.2) is 11.4 Å². The van der Waals surface area contributed by atoms with Crippen molar-refractivity contribution >= 4 is 28.8 Å². The lowest BCUT2D eigenvalue weighted by Gasteiger charge is -2.38. The van der Waals surface area contributed by atoms with Gasteiger partial charge < -0.3 is 10.6 Å². The normalized spacial score (nSPS) is 22.7. The van der Waals surface area contributed by atoms with Crippen LogP contribution in [0.2, 0.25) is 4.34 Å². The van der Waals surface area contributed by atoms with E-state index in [9.17, 15) is 4.79 Å². The van der Waals surface area contributed by atoms with E-state index < -0.39 is 0 Å². The summed E-state index contributed by atoms with van der Waals surface area (Å²) >= 11 is 7.51. The van der Waals surface area contributed by atoms with Gasteiger partial charge >= 0.3 is 0 Å². The molecule has 18 heavy (non-hydrogen) atoms. The second-order valence-electron chi connectivity index (χ2n) is 4.43. The number of piperazine rings is 1. The zero-order chi connectivity index (χ0) is 13.1. The number of hydrogen-bond acceptors (Lipinski definition) is 4. The van der Waals surface area contributed by atoms with Crippen LogP contribution in [-0.4, -0.2) is 43.5 Å². The second-order valence-corrected chi connectivity index (χ2v) is 5.97. The van der Waals surface area contributed by atoms with Crippen molar-refractivity contribution in [1.29, 1.82) is 0 Å². The fraction of sp³-hybridized carbons (Fsp3) is 0.583. The van der Waals surface area contributed by atoms with Crippen LogP contribution in [0.25, 0.3) is 0 Å². The Bertz CT molecular complexity index is 423. The van der Waals surface area contributed by atoms with Gasteiger partial charge in [0.1, 0.15) is 6.04 Å². The molecule has 0 aliphatic carbocycles. The first kappa shape index (κ1) is 13.8. The van der Waals surface area contributed by atoms with Crippen molar-refractivity contribution < 1.29 is 4.79 Å². The standard InChI is InChI=1S/C12H18ClN3OS/c1-8(9-5-11(13)18-7-9)16-4-3-15-6-10(16)12(17)14-2/h5,7-8,10,15H,3-4,6H2,1-2H3,(H,14,17). The van der Waals surface area contributed by atoms with Gasteiger partial charge in [0.2, 0.25) is 5.91 Å². The van der Waals surface area contributed by atoms with Gasteiger partial charge in [0.05, 0.1) is 4.34 Å². The molecule has 1 amide bonds. The molecule has 1 aliphatic rings. The van der Waals surface area contributed by atoms with E-state index in [2.05, 4.69) is 27.8 Å². The summed E-state index contributed by atoms with van der Waals surface area (Å²) in [4.78, 5) is 14.1.